The van der Waals surface area contributed by atoms with Crippen molar-refractivity contribution in [1.29, 1.82) is 0 Å². The Morgan fingerprint density at radius 1 is 0.938 bits per heavy atom. The van der Waals surface area contributed by atoms with Crippen molar-refractivity contribution in [1.82, 2.24) is 14.0 Å². The molecule has 0 saturated heterocycles. The summed E-state index contributed by atoms with van der Waals surface area (Å²) in [7, 11) is -2.39. The third-order valence-corrected chi connectivity index (χ3v) is 8.00. The molecule has 0 spiro atoms. The van der Waals surface area contributed by atoms with Gasteiger partial charge in [-0.25, -0.2) is 9.13 Å². The molecule has 1 aliphatic heterocycles. The Morgan fingerprint density at radius 3 is 2.10 bits per heavy atom. The monoisotopic (exact) mass is 690 g/mol. The molecule has 0 atom stereocenters. The van der Waals surface area contributed by atoms with Gasteiger partial charge < -0.3 is 28.5 Å². The molecule has 48 heavy (non-hydrogen) atoms. The van der Waals surface area contributed by atoms with Crippen LogP contribution < -0.4 is 20.0 Å². The number of pyridine rings is 1. The fraction of sp³-hybridized carbons (Fsp3) is 0.344. The Bertz CT molecular complexity index is 1900. The summed E-state index contributed by atoms with van der Waals surface area (Å²) in [6.45, 7) is 7.63. The number of carboxylic acids is 1. The van der Waals surface area contributed by atoms with Crippen LogP contribution in [0.1, 0.15) is 33.5 Å². The summed E-state index contributed by atoms with van der Waals surface area (Å²) >= 11 is 0. The number of fused-ring (bicyclic) bond motifs is 2. The van der Waals surface area contributed by atoms with Crippen molar-refractivity contribution in [2.24, 2.45) is 0 Å². The minimum atomic E-state index is -5.19. The number of aromatic nitrogens is 3. The van der Waals surface area contributed by atoms with Crippen molar-refractivity contribution >= 4 is 36.0 Å². The molecule has 5 rings (SSSR count). The molecular formula is C32H34F3N4O8P. The van der Waals surface area contributed by atoms with Crippen LogP contribution in [0, 0.1) is 0 Å². The fourth-order valence-electron chi connectivity index (χ4n) is 5.05. The smallest absolute Gasteiger partial charge is 0.430 e. The number of imidazole rings is 1. The van der Waals surface area contributed by atoms with Gasteiger partial charge in [-0.15, -0.1) is 0 Å². The van der Waals surface area contributed by atoms with E-state index < -0.39 is 19.3 Å². The number of aliphatic carboxylic acids is 1. The number of carbonyl (C=O) groups is 3. The maximum absolute atomic E-state index is 13.2. The summed E-state index contributed by atoms with van der Waals surface area (Å²) in [6.07, 6.45) is -3.35. The Kier molecular flexibility index (Phi) is 11.3. The van der Waals surface area contributed by atoms with E-state index in [-0.39, 0.29) is 30.3 Å². The van der Waals surface area contributed by atoms with Gasteiger partial charge in [-0.3, -0.25) is 19.3 Å². The van der Waals surface area contributed by atoms with Gasteiger partial charge in [0.05, 0.1) is 30.9 Å². The summed E-state index contributed by atoms with van der Waals surface area (Å²) in [4.78, 5) is 48.5. The first-order chi connectivity index (χ1) is 22.6. The summed E-state index contributed by atoms with van der Waals surface area (Å²) in [6, 6.07) is 17.6. The lowest BCUT2D eigenvalue weighted by atomic mass is 10.1. The highest BCUT2D eigenvalue weighted by Gasteiger charge is 2.38. The molecule has 256 valence electrons. The standard InChI is InChI=1S/C30H34N4O6P.C2HF3O2/c1-4-32-25-13-12-22(40-21-41(2,3)38)19-26(25)33(16-18-39-17-15-31-14-8-7-11-28(31)35)27(32)20-34-29(36)23-9-5-6-10-24(23)30(34)37;3-2(4,5)1(6)7/h5-14,19H,4,15-18,20-21H2,1-3H3;(H,6,7)/q+1;/p-1. The lowest BCUT2D eigenvalue weighted by Crippen LogP contribution is -2.42. The number of imide groups is 1. The minimum Gasteiger partial charge on any atom is -0.542 e. The molecule has 0 unspecified atom stereocenters. The Morgan fingerprint density at radius 2 is 1.54 bits per heavy atom. The van der Waals surface area contributed by atoms with Crippen LogP contribution in [-0.2, 0) is 40.3 Å². The number of carboxylic acid groups (broad SMARTS) is 1. The molecule has 4 aromatic rings. The Balaban J connectivity index is 0.000000671. The largest absolute Gasteiger partial charge is 0.542 e. The van der Waals surface area contributed by atoms with Crippen molar-refractivity contribution in [2.45, 2.75) is 39.3 Å². The predicted molar refractivity (Wildman–Crippen MR) is 166 cm³/mol. The second kappa shape index (κ2) is 15.0. The molecule has 0 bridgehead atoms. The molecule has 0 fully saturated rings. The van der Waals surface area contributed by atoms with Gasteiger partial charge in [-0.2, -0.15) is 13.2 Å². The van der Waals surface area contributed by atoms with E-state index in [4.69, 9.17) is 19.4 Å². The molecule has 2 amide bonds. The van der Waals surface area contributed by atoms with Crippen LogP contribution in [0.15, 0.2) is 71.7 Å². The van der Waals surface area contributed by atoms with Crippen LogP contribution in [0.4, 0.5) is 13.2 Å². The van der Waals surface area contributed by atoms with E-state index in [0.29, 0.717) is 49.7 Å². The van der Waals surface area contributed by atoms with Crippen molar-refractivity contribution in [3.8, 4) is 5.75 Å². The number of ether oxygens (including phenoxy) is 2. The second-order valence-corrected chi connectivity index (χ2v) is 14.6. The maximum atomic E-state index is 13.2. The van der Waals surface area contributed by atoms with E-state index in [2.05, 4.69) is 4.57 Å². The number of benzene rings is 2. The summed E-state index contributed by atoms with van der Waals surface area (Å²) in [5.41, 5.74) is 2.49. The normalized spacial score (nSPS) is 13.0. The van der Waals surface area contributed by atoms with Crippen molar-refractivity contribution in [2.75, 3.05) is 32.9 Å². The zero-order chi connectivity index (χ0) is 35.2. The van der Waals surface area contributed by atoms with Crippen LogP contribution in [0.2, 0.25) is 0 Å². The molecule has 0 N–H and O–H groups in total. The first-order valence-electron chi connectivity index (χ1n) is 14.8. The zero-order valence-electron chi connectivity index (χ0n) is 26.4. The van der Waals surface area contributed by atoms with Crippen LogP contribution in [-0.4, -0.2) is 70.9 Å². The molecule has 2 aromatic heterocycles. The van der Waals surface area contributed by atoms with E-state index in [1.807, 2.05) is 29.7 Å². The van der Waals surface area contributed by atoms with E-state index in [1.165, 1.54) is 11.0 Å². The number of amides is 2. The quantitative estimate of drug-likeness (QED) is 0.0956. The lowest BCUT2D eigenvalue weighted by Gasteiger charge is -2.13. The molecular weight excluding hydrogens is 656 g/mol. The molecule has 1 aliphatic rings. The number of alkyl halides is 3. The van der Waals surface area contributed by atoms with Gasteiger partial charge in [-0.1, -0.05) is 18.2 Å². The highest BCUT2D eigenvalue weighted by molar-refractivity contribution is 7.62. The predicted octanol–water partition coefficient (Wildman–Crippen LogP) is 2.88. The summed E-state index contributed by atoms with van der Waals surface area (Å²) in [5, 5.41) is 8.78. The number of hydrogen-bond donors (Lipinski definition) is 0. The van der Waals surface area contributed by atoms with Gasteiger partial charge in [0.1, 0.15) is 38.3 Å². The molecule has 16 heteroatoms. The van der Waals surface area contributed by atoms with Gasteiger partial charge in [0.15, 0.2) is 11.0 Å². The number of nitrogens with zero attached hydrogens (tertiary/aromatic N) is 4. The number of carbonyl (C=O) groups excluding carboxylic acids is 3. The van der Waals surface area contributed by atoms with E-state index >= 15 is 0 Å². The number of hydrogen-bond acceptors (Lipinski definition) is 8. The lowest BCUT2D eigenvalue weighted by molar-refractivity contribution is -0.677. The average molecular weight is 691 g/mol. The van der Waals surface area contributed by atoms with Crippen LogP contribution >= 0.6 is 7.14 Å². The minimum absolute atomic E-state index is 0.0869. The van der Waals surface area contributed by atoms with E-state index in [0.717, 1.165) is 16.9 Å². The zero-order valence-corrected chi connectivity index (χ0v) is 27.3. The second-order valence-electron chi connectivity index (χ2n) is 11.2. The molecule has 0 saturated carbocycles. The Hall–Kier alpha value is -4.75. The topological polar surface area (TPSA) is 144 Å². The number of halogens is 3. The van der Waals surface area contributed by atoms with E-state index in [9.17, 15) is 32.1 Å². The van der Waals surface area contributed by atoms with Crippen LogP contribution in [0.3, 0.4) is 0 Å². The van der Waals surface area contributed by atoms with Crippen molar-refractivity contribution in [3.63, 3.8) is 0 Å². The van der Waals surface area contributed by atoms with Crippen LogP contribution in [0.5, 0.6) is 5.75 Å². The summed E-state index contributed by atoms with van der Waals surface area (Å²) in [5.74, 6) is -2.29. The average Bonchev–Trinajstić information content (AvgIpc) is 3.45. The SMILES string of the molecule is CC[n+]1c(CN2C(=O)c3ccccc3C2=O)n(CCOCCn2ccccc2=O)c2cc(OCP(C)(C)=O)ccc21.O=C([O-])C(F)(F)F. The van der Waals surface area contributed by atoms with Gasteiger partial charge in [0, 0.05) is 24.9 Å². The number of aryl methyl sites for hydroxylation is 1. The molecule has 3 heterocycles. The maximum Gasteiger partial charge on any atom is 0.430 e. The first kappa shape index (κ1) is 36.1. The number of rotatable bonds is 12. The molecule has 0 radical (unpaired) electrons. The van der Waals surface area contributed by atoms with Crippen molar-refractivity contribution in [3.05, 3.63) is 94.2 Å². The van der Waals surface area contributed by atoms with Crippen molar-refractivity contribution < 1.29 is 51.3 Å². The Labute approximate surface area is 273 Å². The highest BCUT2D eigenvalue weighted by Crippen LogP contribution is 2.36. The van der Waals surface area contributed by atoms with Gasteiger partial charge in [0.25, 0.3) is 23.2 Å². The molecule has 2 aromatic carbocycles. The third kappa shape index (κ3) is 8.58. The first-order valence-corrected chi connectivity index (χ1v) is 17.6. The van der Waals surface area contributed by atoms with Crippen LogP contribution in [0.25, 0.3) is 11.0 Å². The summed E-state index contributed by atoms with van der Waals surface area (Å²) < 4.78 is 61.3. The molecule has 12 nitrogen and oxygen atoms in total. The highest BCUT2D eigenvalue weighted by atomic mass is 31.2. The fourth-order valence-corrected chi connectivity index (χ4v) is 5.51. The van der Waals surface area contributed by atoms with Gasteiger partial charge >= 0.3 is 6.18 Å². The van der Waals surface area contributed by atoms with Gasteiger partial charge in [-0.05, 0) is 50.6 Å². The third-order valence-electron chi connectivity index (χ3n) is 7.25. The van der Waals surface area contributed by atoms with Gasteiger partial charge in [0.2, 0.25) is 0 Å². The molecule has 0 aliphatic carbocycles. The van der Waals surface area contributed by atoms with E-state index in [1.54, 1.807) is 60.5 Å².